The Bertz CT molecular complexity index is 956. The molecule has 0 saturated carbocycles. The second-order valence-corrected chi connectivity index (χ2v) is 7.13. The number of amides is 2. The highest BCUT2D eigenvalue weighted by atomic mass is 16.5. The van der Waals surface area contributed by atoms with Crippen LogP contribution in [-0.4, -0.2) is 68.7 Å². The number of piperazine rings is 1. The van der Waals surface area contributed by atoms with Crippen LogP contribution in [0.25, 0.3) is 11.0 Å². The van der Waals surface area contributed by atoms with Gasteiger partial charge in [0.05, 0.1) is 17.6 Å². The summed E-state index contributed by atoms with van der Waals surface area (Å²) in [5.74, 6) is 2.16. The van der Waals surface area contributed by atoms with Crippen LogP contribution in [0, 0.1) is 13.8 Å². The van der Waals surface area contributed by atoms with Crippen LogP contribution in [0.2, 0.25) is 0 Å². The van der Waals surface area contributed by atoms with E-state index in [1.807, 2.05) is 30.0 Å². The minimum absolute atomic E-state index is 0.0256. The molecule has 1 aliphatic heterocycles. The summed E-state index contributed by atoms with van der Waals surface area (Å²) in [5.41, 5.74) is 3.18. The van der Waals surface area contributed by atoms with Gasteiger partial charge in [0.1, 0.15) is 5.82 Å². The molecule has 0 unspecified atom stereocenters. The van der Waals surface area contributed by atoms with Crippen molar-refractivity contribution in [1.82, 2.24) is 35.2 Å². The van der Waals surface area contributed by atoms with Crippen LogP contribution in [0.3, 0.4) is 0 Å². The molecule has 28 heavy (non-hydrogen) atoms. The highest BCUT2D eigenvalue weighted by molar-refractivity contribution is 5.78. The van der Waals surface area contributed by atoms with Gasteiger partial charge in [0.25, 0.3) is 0 Å². The van der Waals surface area contributed by atoms with Gasteiger partial charge in [-0.05, 0) is 18.6 Å². The molecule has 148 valence electrons. The van der Waals surface area contributed by atoms with Crippen molar-refractivity contribution in [3.8, 4) is 0 Å². The molecular formula is C19H25N7O2. The summed E-state index contributed by atoms with van der Waals surface area (Å²) in [6.07, 6.45) is 0.678. The second-order valence-electron chi connectivity index (χ2n) is 7.13. The van der Waals surface area contributed by atoms with Crippen LogP contribution in [0.5, 0.6) is 0 Å². The summed E-state index contributed by atoms with van der Waals surface area (Å²) in [5, 5.41) is 6.92. The molecule has 1 fully saturated rings. The lowest BCUT2D eigenvalue weighted by Gasteiger charge is -2.34. The van der Waals surface area contributed by atoms with Crippen molar-refractivity contribution >= 4 is 17.1 Å². The van der Waals surface area contributed by atoms with E-state index in [0.717, 1.165) is 35.5 Å². The Balaban J connectivity index is 1.21. The van der Waals surface area contributed by atoms with E-state index in [2.05, 4.69) is 30.3 Å². The summed E-state index contributed by atoms with van der Waals surface area (Å²) >= 11 is 0. The molecule has 9 heteroatoms. The van der Waals surface area contributed by atoms with Crippen molar-refractivity contribution in [2.45, 2.75) is 26.8 Å². The molecule has 3 heterocycles. The third-order valence-corrected chi connectivity index (χ3v) is 5.00. The average molecular weight is 383 g/mol. The van der Waals surface area contributed by atoms with Gasteiger partial charge >= 0.3 is 6.03 Å². The largest absolute Gasteiger partial charge is 0.342 e. The minimum atomic E-state index is -0.0256. The van der Waals surface area contributed by atoms with Crippen LogP contribution >= 0.6 is 0 Å². The topological polar surface area (TPSA) is 103 Å². The molecule has 0 atom stereocenters. The van der Waals surface area contributed by atoms with Gasteiger partial charge in [-0.2, -0.15) is 4.98 Å². The monoisotopic (exact) mass is 383 g/mol. The highest BCUT2D eigenvalue weighted by Gasteiger charge is 2.22. The molecule has 1 aromatic carbocycles. The van der Waals surface area contributed by atoms with Gasteiger partial charge in [0.2, 0.25) is 5.89 Å². The molecule has 0 aliphatic carbocycles. The minimum Gasteiger partial charge on any atom is -0.342 e. The zero-order valence-electron chi connectivity index (χ0n) is 16.2. The van der Waals surface area contributed by atoms with Crippen LogP contribution in [0.1, 0.15) is 23.1 Å². The Labute approximate surface area is 163 Å². The number of hydrogen-bond donors (Lipinski definition) is 2. The lowest BCUT2D eigenvalue weighted by molar-refractivity contribution is 0.133. The van der Waals surface area contributed by atoms with Crippen molar-refractivity contribution in [2.24, 2.45) is 0 Å². The molecule has 2 aromatic heterocycles. The molecular weight excluding hydrogens is 358 g/mol. The Morgan fingerprint density at radius 3 is 2.75 bits per heavy atom. The number of carbonyl (C=O) groups excluding carboxylic acids is 1. The quantitative estimate of drug-likeness (QED) is 0.694. The number of urea groups is 1. The number of aromatic amines is 1. The standard InChI is InChI=1S/C19H25N7O2/c1-13-4-3-5-15-18(13)23-16(22-15)6-7-20-19(27)26-10-8-25(9-11-26)12-17-21-14(2)28-24-17/h3-5H,6-12H2,1-2H3,(H,20,27)(H,22,23). The molecule has 1 aliphatic rings. The first-order valence-electron chi connectivity index (χ1n) is 9.57. The van der Waals surface area contributed by atoms with Gasteiger partial charge < -0.3 is 19.7 Å². The van der Waals surface area contributed by atoms with Gasteiger partial charge in [-0.1, -0.05) is 17.3 Å². The van der Waals surface area contributed by atoms with E-state index in [-0.39, 0.29) is 6.03 Å². The number of para-hydroxylation sites is 1. The Kier molecular flexibility index (Phi) is 5.25. The molecule has 3 aromatic rings. The third kappa shape index (κ3) is 4.14. The molecule has 0 radical (unpaired) electrons. The summed E-state index contributed by atoms with van der Waals surface area (Å²) in [6, 6.07) is 6.06. The SMILES string of the molecule is Cc1nc(CN2CCN(C(=O)NCCc3nc4c(C)cccc4[nH]3)CC2)no1. The number of H-pyrrole nitrogens is 1. The zero-order chi connectivity index (χ0) is 19.5. The van der Waals surface area contributed by atoms with Crippen molar-refractivity contribution in [1.29, 1.82) is 0 Å². The van der Waals surface area contributed by atoms with Crippen molar-refractivity contribution < 1.29 is 9.32 Å². The van der Waals surface area contributed by atoms with Crippen molar-refractivity contribution in [3.63, 3.8) is 0 Å². The van der Waals surface area contributed by atoms with E-state index in [1.54, 1.807) is 6.92 Å². The predicted octanol–water partition coefficient (Wildman–Crippen LogP) is 1.63. The number of hydrogen-bond acceptors (Lipinski definition) is 6. The van der Waals surface area contributed by atoms with E-state index >= 15 is 0 Å². The van der Waals surface area contributed by atoms with Gasteiger partial charge in [0.15, 0.2) is 5.82 Å². The fourth-order valence-corrected chi connectivity index (χ4v) is 3.46. The number of aryl methyl sites for hydroxylation is 2. The van der Waals surface area contributed by atoms with E-state index in [4.69, 9.17) is 4.52 Å². The molecule has 1 saturated heterocycles. The van der Waals surface area contributed by atoms with E-state index in [1.165, 1.54) is 0 Å². The second kappa shape index (κ2) is 7.97. The molecule has 2 amide bonds. The number of nitrogens with zero attached hydrogens (tertiary/aromatic N) is 5. The molecule has 4 rings (SSSR count). The first-order chi connectivity index (χ1) is 13.6. The fourth-order valence-electron chi connectivity index (χ4n) is 3.46. The lowest BCUT2D eigenvalue weighted by atomic mass is 10.2. The summed E-state index contributed by atoms with van der Waals surface area (Å²) < 4.78 is 5.00. The smallest absolute Gasteiger partial charge is 0.317 e. The first-order valence-corrected chi connectivity index (χ1v) is 9.57. The Morgan fingerprint density at radius 2 is 2.04 bits per heavy atom. The van der Waals surface area contributed by atoms with Gasteiger partial charge in [0, 0.05) is 46.1 Å². The normalized spacial score (nSPS) is 15.3. The lowest BCUT2D eigenvalue weighted by Crippen LogP contribution is -2.51. The zero-order valence-corrected chi connectivity index (χ0v) is 16.2. The summed E-state index contributed by atoms with van der Waals surface area (Å²) in [4.78, 5) is 28.7. The third-order valence-electron chi connectivity index (χ3n) is 5.00. The van der Waals surface area contributed by atoms with E-state index in [9.17, 15) is 4.79 Å². The van der Waals surface area contributed by atoms with Gasteiger partial charge in [-0.3, -0.25) is 4.90 Å². The number of fused-ring (bicyclic) bond motifs is 1. The molecule has 0 spiro atoms. The number of nitrogens with one attached hydrogen (secondary N) is 2. The fraction of sp³-hybridized carbons (Fsp3) is 0.474. The maximum absolute atomic E-state index is 12.4. The summed E-state index contributed by atoms with van der Waals surface area (Å²) in [6.45, 7) is 8.00. The molecule has 9 nitrogen and oxygen atoms in total. The van der Waals surface area contributed by atoms with Crippen molar-refractivity contribution in [2.75, 3.05) is 32.7 Å². The maximum atomic E-state index is 12.4. The van der Waals surface area contributed by atoms with E-state index in [0.29, 0.717) is 44.3 Å². The van der Waals surface area contributed by atoms with Gasteiger partial charge in [-0.25, -0.2) is 9.78 Å². The number of imidazole rings is 1. The summed E-state index contributed by atoms with van der Waals surface area (Å²) in [7, 11) is 0. The van der Waals surface area contributed by atoms with Crippen LogP contribution in [-0.2, 0) is 13.0 Å². The van der Waals surface area contributed by atoms with E-state index < -0.39 is 0 Å². The first kappa shape index (κ1) is 18.4. The Hall–Kier alpha value is -2.94. The van der Waals surface area contributed by atoms with Gasteiger partial charge in [-0.15, -0.1) is 0 Å². The van der Waals surface area contributed by atoms with Crippen LogP contribution < -0.4 is 5.32 Å². The number of benzene rings is 1. The average Bonchev–Trinajstić information content (AvgIpc) is 3.29. The van der Waals surface area contributed by atoms with Crippen LogP contribution in [0.15, 0.2) is 22.7 Å². The van der Waals surface area contributed by atoms with Crippen molar-refractivity contribution in [3.05, 3.63) is 41.3 Å². The number of carbonyl (C=O) groups is 1. The predicted molar refractivity (Wildman–Crippen MR) is 104 cm³/mol. The molecule has 0 bridgehead atoms. The maximum Gasteiger partial charge on any atom is 0.317 e. The highest BCUT2D eigenvalue weighted by Crippen LogP contribution is 2.15. The van der Waals surface area contributed by atoms with Crippen LogP contribution in [0.4, 0.5) is 4.79 Å². The Morgan fingerprint density at radius 1 is 1.21 bits per heavy atom. The molecule has 2 N–H and O–H groups in total. The number of rotatable bonds is 5. The number of aromatic nitrogens is 4.